The molecule has 4 nitrogen and oxygen atoms in total. The largest absolute Gasteiger partial charge is 0.462 e. The third kappa shape index (κ3) is 2.16. The highest BCUT2D eigenvalue weighted by Crippen LogP contribution is 2.29. The molecule has 0 spiro atoms. The minimum Gasteiger partial charge on any atom is -0.462 e. The lowest BCUT2D eigenvalue weighted by Gasteiger charge is -2.01. The Labute approximate surface area is 116 Å². The Morgan fingerprint density at radius 3 is 2.75 bits per heavy atom. The van der Waals surface area contributed by atoms with Crippen molar-refractivity contribution in [1.29, 1.82) is 0 Å². The fourth-order valence-corrected chi connectivity index (χ4v) is 2.08. The van der Waals surface area contributed by atoms with E-state index < -0.39 is 0 Å². The van der Waals surface area contributed by atoms with Gasteiger partial charge >= 0.3 is 5.97 Å². The molecular formula is C16H13NO3. The number of rotatable bonds is 3. The molecule has 0 N–H and O–H groups in total. The van der Waals surface area contributed by atoms with E-state index in [4.69, 9.17) is 9.26 Å². The monoisotopic (exact) mass is 267 g/mol. The van der Waals surface area contributed by atoms with Crippen molar-refractivity contribution in [2.75, 3.05) is 6.61 Å². The van der Waals surface area contributed by atoms with Crippen molar-refractivity contribution in [3.63, 3.8) is 0 Å². The second-order valence-electron chi connectivity index (χ2n) is 4.33. The molecule has 1 heterocycles. The Balaban J connectivity index is 2.11. The van der Waals surface area contributed by atoms with E-state index in [1.54, 1.807) is 25.1 Å². The van der Waals surface area contributed by atoms with Crippen LogP contribution >= 0.6 is 0 Å². The van der Waals surface area contributed by atoms with Crippen molar-refractivity contribution < 1.29 is 14.1 Å². The molecular weight excluding hydrogens is 254 g/mol. The van der Waals surface area contributed by atoms with Crippen LogP contribution in [0.3, 0.4) is 0 Å². The Morgan fingerprint density at radius 2 is 2.00 bits per heavy atom. The van der Waals surface area contributed by atoms with Crippen LogP contribution in [0.5, 0.6) is 0 Å². The Kier molecular flexibility index (Phi) is 3.21. The molecule has 0 saturated heterocycles. The van der Waals surface area contributed by atoms with Gasteiger partial charge in [0.2, 0.25) is 0 Å². The third-order valence-electron chi connectivity index (χ3n) is 3.02. The molecule has 3 rings (SSSR count). The summed E-state index contributed by atoms with van der Waals surface area (Å²) in [6, 6.07) is 14.9. The lowest BCUT2D eigenvalue weighted by atomic mass is 10.1. The van der Waals surface area contributed by atoms with Crippen LogP contribution in [0, 0.1) is 0 Å². The van der Waals surface area contributed by atoms with Crippen LogP contribution in [0.2, 0.25) is 0 Å². The van der Waals surface area contributed by atoms with Gasteiger partial charge in [-0.05, 0) is 25.1 Å². The van der Waals surface area contributed by atoms with Gasteiger partial charge < -0.3 is 9.26 Å². The molecule has 0 amide bonds. The first kappa shape index (κ1) is 12.4. The highest BCUT2D eigenvalue weighted by Gasteiger charge is 2.14. The molecule has 4 heteroatoms. The number of hydrogen-bond donors (Lipinski definition) is 0. The summed E-state index contributed by atoms with van der Waals surface area (Å²) >= 11 is 0. The van der Waals surface area contributed by atoms with Gasteiger partial charge in [0.15, 0.2) is 5.76 Å². The predicted molar refractivity (Wildman–Crippen MR) is 75.4 cm³/mol. The SMILES string of the molecule is CCOC(=O)c1ccc2noc(-c3ccccc3)c2c1. The molecule has 100 valence electrons. The van der Waals surface area contributed by atoms with Crippen molar-refractivity contribution in [3.05, 3.63) is 54.1 Å². The highest BCUT2D eigenvalue weighted by atomic mass is 16.5. The number of carbonyl (C=O) groups excluding carboxylic acids is 1. The van der Waals surface area contributed by atoms with Gasteiger partial charge in [-0.2, -0.15) is 0 Å². The molecule has 0 aliphatic carbocycles. The van der Waals surface area contributed by atoms with Crippen LogP contribution in [-0.4, -0.2) is 17.7 Å². The quantitative estimate of drug-likeness (QED) is 0.679. The predicted octanol–water partition coefficient (Wildman–Crippen LogP) is 3.67. The average Bonchev–Trinajstić information content (AvgIpc) is 2.91. The minimum absolute atomic E-state index is 0.338. The van der Waals surface area contributed by atoms with Gasteiger partial charge in [0.1, 0.15) is 5.52 Å². The fraction of sp³-hybridized carbons (Fsp3) is 0.125. The summed E-state index contributed by atoms with van der Waals surface area (Å²) in [5.74, 6) is 0.321. The van der Waals surface area contributed by atoms with Gasteiger partial charge in [0, 0.05) is 5.56 Å². The molecule has 2 aromatic carbocycles. The van der Waals surface area contributed by atoms with Crippen LogP contribution in [-0.2, 0) is 4.74 Å². The van der Waals surface area contributed by atoms with E-state index in [2.05, 4.69) is 5.16 Å². The number of carbonyl (C=O) groups is 1. The zero-order chi connectivity index (χ0) is 13.9. The van der Waals surface area contributed by atoms with Crippen molar-refractivity contribution >= 4 is 16.9 Å². The average molecular weight is 267 g/mol. The number of fused-ring (bicyclic) bond motifs is 1. The standard InChI is InChI=1S/C16H13NO3/c1-2-19-16(18)12-8-9-14-13(10-12)15(20-17-14)11-6-4-3-5-7-11/h3-10H,2H2,1H3. The van der Waals surface area contributed by atoms with E-state index in [1.807, 2.05) is 30.3 Å². The second kappa shape index (κ2) is 5.17. The number of esters is 1. The molecule has 0 atom stereocenters. The van der Waals surface area contributed by atoms with Crippen molar-refractivity contribution in [1.82, 2.24) is 5.16 Å². The summed E-state index contributed by atoms with van der Waals surface area (Å²) < 4.78 is 10.4. The summed E-state index contributed by atoms with van der Waals surface area (Å²) in [7, 11) is 0. The van der Waals surface area contributed by atoms with Gasteiger partial charge in [0.25, 0.3) is 0 Å². The first-order chi connectivity index (χ1) is 9.79. The van der Waals surface area contributed by atoms with Crippen LogP contribution in [0.25, 0.3) is 22.2 Å². The Morgan fingerprint density at radius 1 is 1.20 bits per heavy atom. The molecule has 3 aromatic rings. The van der Waals surface area contributed by atoms with E-state index in [0.29, 0.717) is 17.9 Å². The van der Waals surface area contributed by atoms with Crippen LogP contribution < -0.4 is 0 Å². The van der Waals surface area contributed by atoms with Gasteiger partial charge in [-0.1, -0.05) is 35.5 Å². The first-order valence-corrected chi connectivity index (χ1v) is 6.41. The van der Waals surface area contributed by atoms with E-state index in [1.165, 1.54) is 0 Å². The van der Waals surface area contributed by atoms with Crippen LogP contribution in [0.15, 0.2) is 53.1 Å². The lowest BCUT2D eigenvalue weighted by Crippen LogP contribution is -2.04. The molecule has 0 unspecified atom stereocenters. The summed E-state index contributed by atoms with van der Waals surface area (Å²) in [5, 5.41) is 4.82. The Bertz CT molecular complexity index is 747. The molecule has 0 bridgehead atoms. The van der Waals surface area contributed by atoms with E-state index in [9.17, 15) is 4.79 Å². The van der Waals surface area contributed by atoms with Gasteiger partial charge in [-0.15, -0.1) is 0 Å². The maximum absolute atomic E-state index is 11.8. The number of benzene rings is 2. The number of nitrogens with zero attached hydrogens (tertiary/aromatic N) is 1. The normalized spacial score (nSPS) is 10.7. The molecule has 0 aliphatic heterocycles. The van der Waals surface area contributed by atoms with Gasteiger partial charge in [-0.3, -0.25) is 0 Å². The lowest BCUT2D eigenvalue weighted by molar-refractivity contribution is 0.0526. The second-order valence-corrected chi connectivity index (χ2v) is 4.33. The van der Waals surface area contributed by atoms with Gasteiger partial charge in [-0.25, -0.2) is 4.79 Å². The summed E-state index contributed by atoms with van der Waals surface area (Å²) in [6.07, 6.45) is 0. The van der Waals surface area contributed by atoms with Gasteiger partial charge in [0.05, 0.1) is 17.6 Å². The number of hydrogen-bond acceptors (Lipinski definition) is 4. The Hall–Kier alpha value is -2.62. The number of ether oxygens (including phenoxy) is 1. The van der Waals surface area contributed by atoms with Crippen LogP contribution in [0.1, 0.15) is 17.3 Å². The summed E-state index contributed by atoms with van der Waals surface area (Å²) in [5.41, 5.74) is 2.15. The fourth-order valence-electron chi connectivity index (χ4n) is 2.08. The van der Waals surface area contributed by atoms with Crippen molar-refractivity contribution in [2.45, 2.75) is 6.92 Å². The molecule has 0 aliphatic rings. The molecule has 0 saturated carbocycles. The minimum atomic E-state index is -0.338. The molecule has 20 heavy (non-hydrogen) atoms. The van der Waals surface area contributed by atoms with E-state index in [0.717, 1.165) is 16.5 Å². The topological polar surface area (TPSA) is 52.3 Å². The maximum atomic E-state index is 11.8. The zero-order valence-corrected chi connectivity index (χ0v) is 11.0. The third-order valence-corrected chi connectivity index (χ3v) is 3.02. The summed E-state index contributed by atoms with van der Waals surface area (Å²) in [4.78, 5) is 11.8. The van der Waals surface area contributed by atoms with E-state index in [-0.39, 0.29) is 5.97 Å². The van der Waals surface area contributed by atoms with E-state index >= 15 is 0 Å². The first-order valence-electron chi connectivity index (χ1n) is 6.41. The molecule has 1 aromatic heterocycles. The summed E-state index contributed by atoms with van der Waals surface area (Å²) in [6.45, 7) is 2.14. The molecule has 0 radical (unpaired) electrons. The van der Waals surface area contributed by atoms with Crippen molar-refractivity contribution in [2.24, 2.45) is 0 Å². The zero-order valence-electron chi connectivity index (χ0n) is 11.0. The van der Waals surface area contributed by atoms with Crippen LogP contribution in [0.4, 0.5) is 0 Å². The smallest absolute Gasteiger partial charge is 0.338 e. The molecule has 0 fully saturated rings. The highest BCUT2D eigenvalue weighted by molar-refractivity contribution is 5.98. The van der Waals surface area contributed by atoms with Crippen molar-refractivity contribution in [3.8, 4) is 11.3 Å². The maximum Gasteiger partial charge on any atom is 0.338 e. The number of aromatic nitrogens is 1.